The normalized spacial score (nSPS) is 17.7. The number of H-pyrrole nitrogens is 4. The molecule has 4 aromatic carbocycles. The molecule has 542 valence electrons. The van der Waals surface area contributed by atoms with Crippen molar-refractivity contribution in [3.05, 3.63) is 140 Å². The smallest absolute Gasteiger partial charge is 0.141 e. The van der Waals surface area contributed by atoms with Crippen molar-refractivity contribution in [1.82, 2.24) is 60.5 Å². The van der Waals surface area contributed by atoms with Gasteiger partial charge in [0.25, 0.3) is 0 Å². The molecule has 6 aliphatic rings. The summed E-state index contributed by atoms with van der Waals surface area (Å²) in [5, 5.41) is 61.2. The summed E-state index contributed by atoms with van der Waals surface area (Å²) >= 11 is 0. The number of rotatable bonds is 17. The molecule has 8 N–H and O–H groups in total. The summed E-state index contributed by atoms with van der Waals surface area (Å²) in [6, 6.07) is 16.8. The molecule has 0 spiro atoms. The molecular weight excluding hydrogens is 1290 g/mol. The van der Waals surface area contributed by atoms with E-state index < -0.39 is 23.9 Å². The van der Waals surface area contributed by atoms with E-state index in [9.17, 15) is 20.4 Å². The van der Waals surface area contributed by atoms with Crippen molar-refractivity contribution in [2.75, 3.05) is 0 Å². The van der Waals surface area contributed by atoms with Gasteiger partial charge >= 0.3 is 0 Å². The molecule has 0 bridgehead atoms. The predicted octanol–water partition coefficient (Wildman–Crippen LogP) is 19.5. The Hall–Kier alpha value is -8.56. The lowest BCUT2D eigenvalue weighted by molar-refractivity contribution is -0.0519. The largest absolute Gasteiger partial charge is 0.388 e. The molecule has 12 aromatic rings. The monoisotopic (exact) mass is 1390 g/mol. The lowest BCUT2D eigenvalue weighted by Gasteiger charge is -2.37. The third kappa shape index (κ3) is 13.6. The van der Waals surface area contributed by atoms with Crippen LogP contribution >= 0.6 is 0 Å². The van der Waals surface area contributed by atoms with Crippen LogP contribution in [-0.4, -0.2) is 80.9 Å². The van der Waals surface area contributed by atoms with Crippen LogP contribution in [0.1, 0.15) is 278 Å². The molecule has 103 heavy (non-hydrogen) atoms. The Bertz CT molecular complexity index is 4830. The zero-order valence-corrected chi connectivity index (χ0v) is 62.4. The summed E-state index contributed by atoms with van der Waals surface area (Å²) in [7, 11) is 0. The number of nitrogens with one attached hydrogen (secondary N) is 4. The van der Waals surface area contributed by atoms with E-state index in [1.165, 1.54) is 77.0 Å². The number of fused-ring (bicyclic) bond motifs is 4. The maximum atomic E-state index is 11.8. The molecule has 6 aliphatic carbocycles. The van der Waals surface area contributed by atoms with Gasteiger partial charge in [0, 0.05) is 68.2 Å². The molecule has 0 saturated heterocycles. The molecule has 20 heteroatoms. The third-order valence-corrected chi connectivity index (χ3v) is 23.1. The van der Waals surface area contributed by atoms with Gasteiger partial charge < -0.3 is 58.5 Å². The average Bonchev–Trinajstić information content (AvgIpc) is 1.68. The molecule has 0 aliphatic heterocycles. The van der Waals surface area contributed by atoms with Crippen molar-refractivity contribution in [1.29, 1.82) is 0 Å². The fourth-order valence-electron chi connectivity index (χ4n) is 16.7. The van der Waals surface area contributed by atoms with Crippen LogP contribution in [0, 0.1) is 85.0 Å². The van der Waals surface area contributed by atoms with Crippen molar-refractivity contribution in [2.24, 2.45) is 29.6 Å². The number of aliphatic hydroxyl groups excluding tert-OH is 3. The van der Waals surface area contributed by atoms with E-state index in [0.29, 0.717) is 35.5 Å². The zero-order valence-electron chi connectivity index (χ0n) is 62.4. The third-order valence-electron chi connectivity index (χ3n) is 23.1. The first-order valence-electron chi connectivity index (χ1n) is 38.1. The zero-order chi connectivity index (χ0) is 72.2. The molecule has 3 atom stereocenters. The van der Waals surface area contributed by atoms with E-state index in [-0.39, 0.29) is 17.8 Å². The fourth-order valence-corrected chi connectivity index (χ4v) is 16.7. The van der Waals surface area contributed by atoms with Gasteiger partial charge in [-0.15, -0.1) is 0 Å². The van der Waals surface area contributed by atoms with Crippen LogP contribution in [0.15, 0.2) is 66.6 Å². The lowest BCUT2D eigenvalue weighted by atomic mass is 9.74. The second-order valence-electron chi connectivity index (χ2n) is 32.0. The number of nitrogens with zero attached hydrogens (tertiary/aromatic N) is 8. The van der Waals surface area contributed by atoms with E-state index in [1.54, 1.807) is 0 Å². The highest BCUT2D eigenvalue weighted by molar-refractivity contribution is 5.90. The number of benzene rings is 4. The maximum Gasteiger partial charge on any atom is 0.141 e. The quantitative estimate of drug-likeness (QED) is 0.0420. The highest BCUT2D eigenvalue weighted by Crippen LogP contribution is 2.49. The minimum Gasteiger partial charge on any atom is -0.388 e. The molecule has 18 rings (SSSR count). The van der Waals surface area contributed by atoms with Crippen molar-refractivity contribution in [2.45, 2.75) is 247 Å². The molecule has 6 fully saturated rings. The Morgan fingerprint density at radius 1 is 0.369 bits per heavy atom. The molecule has 0 radical (unpaired) electrons. The van der Waals surface area contributed by atoms with Crippen molar-refractivity contribution < 1.29 is 38.5 Å². The van der Waals surface area contributed by atoms with Gasteiger partial charge in [0.1, 0.15) is 46.3 Å². The van der Waals surface area contributed by atoms with Crippen LogP contribution in [-0.2, 0) is 5.60 Å². The van der Waals surface area contributed by atoms with Gasteiger partial charge in [0.15, 0.2) is 0 Å². The second kappa shape index (κ2) is 27.8. The van der Waals surface area contributed by atoms with Gasteiger partial charge in [-0.05, 0) is 233 Å². The molecular formula is C83H102N12O8. The topological polar surface area (TPSA) is 300 Å². The number of hydrogen-bond acceptors (Lipinski definition) is 16. The number of aliphatic hydroxyl groups is 4. The fraction of sp³-hybridized carbons (Fsp3) is 0.518. The standard InChI is InChI=1S/C22H29N3O2.2C21H25N3O2.C19H23N3O2/c1-11(2)22(26,12(3)4)17-9-16(19-13(5)25-27-14(19)6)10-18-20(17)24-21(23-18)15-7-8-15;2*1-11-18(12(2)26-24-11)15-9-16(20(25)13-5-3-4-6-13)19-17(10-15)22-21(23-19)14-7-8-14;1-9(2)18(23)14-7-13(16-10(3)22-24-11(16)4)8-15-17(14)21-19(20-15)12-5-6-12/h9-12,15,26H,7-8H2,1-6H3,(H,23,24);2*9-10,13-14,20,25H,3-8H2,1-2H3,(H,22,23);7-9,12,18,23H,5-6H2,1-4H3,(H,20,21)/t;2*20-;/m.10./s1. The second-order valence-corrected chi connectivity index (χ2v) is 32.0. The molecule has 8 heterocycles. The Morgan fingerprint density at radius 2 is 0.641 bits per heavy atom. The Kier molecular flexibility index (Phi) is 18.9. The van der Waals surface area contributed by atoms with Gasteiger partial charge in [-0.1, -0.05) is 87.9 Å². The van der Waals surface area contributed by atoms with Gasteiger partial charge in [-0.2, -0.15) is 0 Å². The summed E-state index contributed by atoms with van der Waals surface area (Å²) in [6.07, 6.45) is 17.3. The Balaban J connectivity index is 0.000000111. The molecule has 0 amide bonds. The lowest BCUT2D eigenvalue weighted by Crippen LogP contribution is -2.38. The highest BCUT2D eigenvalue weighted by atomic mass is 16.5. The Labute approximate surface area is 601 Å². The minimum absolute atomic E-state index is 0.0571. The predicted molar refractivity (Wildman–Crippen MR) is 399 cm³/mol. The van der Waals surface area contributed by atoms with Crippen molar-refractivity contribution in [3.63, 3.8) is 0 Å². The number of aryl methyl sites for hydroxylation is 8. The highest BCUT2D eigenvalue weighted by Gasteiger charge is 2.41. The Morgan fingerprint density at radius 3 is 0.913 bits per heavy atom. The molecule has 6 saturated carbocycles. The summed E-state index contributed by atoms with van der Waals surface area (Å²) < 4.78 is 21.5. The summed E-state index contributed by atoms with van der Waals surface area (Å²) in [5.41, 5.74) is 21.9. The first kappa shape index (κ1) is 70.1. The van der Waals surface area contributed by atoms with Gasteiger partial charge in [-0.3, -0.25) is 0 Å². The number of imidazole rings is 4. The van der Waals surface area contributed by atoms with Gasteiger partial charge in [-0.25, -0.2) is 19.9 Å². The van der Waals surface area contributed by atoms with E-state index in [4.69, 9.17) is 38.0 Å². The molecule has 8 aromatic heterocycles. The van der Waals surface area contributed by atoms with E-state index in [0.717, 1.165) is 206 Å². The number of aromatic nitrogens is 12. The van der Waals surface area contributed by atoms with Crippen LogP contribution < -0.4 is 0 Å². The van der Waals surface area contributed by atoms with Crippen LogP contribution in [0.25, 0.3) is 88.6 Å². The van der Waals surface area contributed by atoms with Gasteiger partial charge in [0.2, 0.25) is 0 Å². The van der Waals surface area contributed by atoms with Crippen LogP contribution in [0.3, 0.4) is 0 Å². The van der Waals surface area contributed by atoms with E-state index in [1.807, 2.05) is 75.3 Å². The molecule has 1 unspecified atom stereocenters. The SMILES string of the molecule is Cc1noc(C)c1-c1cc(C(O)(C(C)C)C(C)C)c2nc(C3CC3)[nH]c2c1.Cc1noc(C)c1-c1cc(C(O)C(C)C)c2nc(C3CC3)[nH]c2c1.Cc1noc(C)c1-c1cc([C@@H](O)C2CCCC2)c2nc(C3CC3)[nH]c2c1.Cc1noc(C)c1-c1cc([C@H](O)C2CCCC2)c2nc(C3CC3)[nH]c2c1. The van der Waals surface area contributed by atoms with Crippen LogP contribution in [0.4, 0.5) is 0 Å². The van der Waals surface area contributed by atoms with Crippen molar-refractivity contribution >= 4 is 44.1 Å². The van der Waals surface area contributed by atoms with E-state index in [2.05, 4.69) is 111 Å². The number of hydrogen-bond donors (Lipinski definition) is 8. The number of aromatic amines is 4. The van der Waals surface area contributed by atoms with Crippen molar-refractivity contribution in [3.8, 4) is 44.5 Å². The first-order valence-corrected chi connectivity index (χ1v) is 38.1. The van der Waals surface area contributed by atoms with E-state index >= 15 is 0 Å². The summed E-state index contributed by atoms with van der Waals surface area (Å²) in [4.78, 5) is 33.5. The maximum absolute atomic E-state index is 11.8. The first-order chi connectivity index (χ1) is 49.4. The summed E-state index contributed by atoms with van der Waals surface area (Å²) in [6.45, 7) is 27.9. The average molecular weight is 1400 g/mol. The van der Waals surface area contributed by atoms with Crippen LogP contribution in [0.5, 0.6) is 0 Å². The van der Waals surface area contributed by atoms with Gasteiger partial charge in [0.05, 0.1) is 90.8 Å². The van der Waals surface area contributed by atoms with Crippen LogP contribution in [0.2, 0.25) is 0 Å². The molecule has 20 nitrogen and oxygen atoms in total. The summed E-state index contributed by atoms with van der Waals surface area (Å²) in [5.74, 6) is 10.5. The minimum atomic E-state index is -0.969.